The van der Waals surface area contributed by atoms with Gasteiger partial charge < -0.3 is 9.84 Å². The van der Waals surface area contributed by atoms with Gasteiger partial charge >= 0.3 is 0 Å². The Morgan fingerprint density at radius 1 is 1.19 bits per heavy atom. The monoisotopic (exact) mass is 227 g/mol. The minimum Gasteiger partial charge on any atom is -0.394 e. The van der Waals surface area contributed by atoms with Crippen LogP contribution in [0.3, 0.4) is 0 Å². The van der Waals surface area contributed by atoms with Gasteiger partial charge in [0.2, 0.25) is 11.8 Å². The number of aliphatic hydroxyl groups excluding tert-OH is 1. The summed E-state index contributed by atoms with van der Waals surface area (Å²) in [5.41, 5.74) is 0. The molecule has 2 unspecified atom stereocenters. The molecule has 0 aromatic carbocycles. The first-order chi connectivity index (χ1) is 7.74. The maximum Gasteiger partial charge on any atom is 0.232 e. The van der Waals surface area contributed by atoms with Crippen molar-refractivity contribution < 1.29 is 19.4 Å². The van der Waals surface area contributed by atoms with Gasteiger partial charge in [-0.3, -0.25) is 14.5 Å². The van der Waals surface area contributed by atoms with E-state index in [-0.39, 0.29) is 36.9 Å². The molecular formula is C11H17NO4. The molecule has 0 spiro atoms. The van der Waals surface area contributed by atoms with Crippen LogP contribution >= 0.6 is 0 Å². The second kappa shape index (κ2) is 4.93. The average Bonchev–Trinajstić information content (AvgIpc) is 2.72. The van der Waals surface area contributed by atoms with Crippen LogP contribution in [-0.4, -0.2) is 48.2 Å². The SMILES string of the molecule is O=C1C2CCC(C2)C(=O)N1CCOCCO. The van der Waals surface area contributed by atoms with Gasteiger partial charge in [0.25, 0.3) is 0 Å². The predicted molar refractivity (Wildman–Crippen MR) is 55.5 cm³/mol. The fourth-order valence-corrected chi connectivity index (χ4v) is 2.52. The Labute approximate surface area is 94.4 Å². The van der Waals surface area contributed by atoms with Crippen molar-refractivity contribution in [3.05, 3.63) is 0 Å². The second-order valence-electron chi connectivity index (χ2n) is 4.37. The number of nitrogens with zero attached hydrogens (tertiary/aromatic N) is 1. The molecule has 1 heterocycles. The van der Waals surface area contributed by atoms with Crippen molar-refractivity contribution in [1.82, 2.24) is 4.90 Å². The summed E-state index contributed by atoms with van der Waals surface area (Å²) in [6.45, 7) is 0.859. The van der Waals surface area contributed by atoms with E-state index >= 15 is 0 Å². The van der Waals surface area contributed by atoms with Crippen LogP contribution in [0.1, 0.15) is 19.3 Å². The van der Waals surface area contributed by atoms with E-state index in [1.54, 1.807) is 0 Å². The van der Waals surface area contributed by atoms with E-state index < -0.39 is 0 Å². The van der Waals surface area contributed by atoms with Crippen LogP contribution in [0.5, 0.6) is 0 Å². The molecule has 1 aliphatic heterocycles. The zero-order chi connectivity index (χ0) is 11.5. The van der Waals surface area contributed by atoms with Crippen molar-refractivity contribution in [2.45, 2.75) is 19.3 Å². The topological polar surface area (TPSA) is 66.8 Å². The summed E-state index contributed by atoms with van der Waals surface area (Å²) in [5, 5.41) is 8.53. The van der Waals surface area contributed by atoms with E-state index in [9.17, 15) is 9.59 Å². The summed E-state index contributed by atoms with van der Waals surface area (Å²) in [5.74, 6) is 0.0405. The van der Waals surface area contributed by atoms with Crippen LogP contribution < -0.4 is 0 Å². The zero-order valence-corrected chi connectivity index (χ0v) is 9.22. The molecule has 2 amide bonds. The number of aliphatic hydroxyl groups is 1. The molecule has 1 saturated heterocycles. The summed E-state index contributed by atoms with van der Waals surface area (Å²) >= 11 is 0. The lowest BCUT2D eigenvalue weighted by Gasteiger charge is -2.29. The summed E-state index contributed by atoms with van der Waals surface area (Å²) in [6.07, 6.45) is 2.44. The summed E-state index contributed by atoms with van der Waals surface area (Å²) in [7, 11) is 0. The molecule has 1 aliphatic carbocycles. The van der Waals surface area contributed by atoms with Crippen molar-refractivity contribution in [2.24, 2.45) is 11.8 Å². The number of amides is 2. The number of hydrogen-bond donors (Lipinski definition) is 1. The molecule has 0 aromatic rings. The van der Waals surface area contributed by atoms with Crippen LogP contribution in [-0.2, 0) is 14.3 Å². The fraction of sp³-hybridized carbons (Fsp3) is 0.818. The molecule has 16 heavy (non-hydrogen) atoms. The quantitative estimate of drug-likeness (QED) is 0.521. The van der Waals surface area contributed by atoms with Gasteiger partial charge in [-0.25, -0.2) is 0 Å². The lowest BCUT2D eigenvalue weighted by molar-refractivity contribution is -0.153. The molecular weight excluding hydrogens is 210 g/mol. The van der Waals surface area contributed by atoms with Gasteiger partial charge in [0.15, 0.2) is 0 Å². The predicted octanol–water partition coefficient (Wildman–Crippen LogP) is -0.220. The molecule has 1 N–H and O–H groups in total. The molecule has 2 atom stereocenters. The molecule has 0 radical (unpaired) electrons. The zero-order valence-electron chi connectivity index (χ0n) is 9.22. The maximum atomic E-state index is 11.9. The fourth-order valence-electron chi connectivity index (χ4n) is 2.52. The molecule has 5 heteroatoms. The van der Waals surface area contributed by atoms with Gasteiger partial charge in [-0.15, -0.1) is 0 Å². The van der Waals surface area contributed by atoms with Crippen molar-refractivity contribution in [3.8, 4) is 0 Å². The summed E-state index contributed by atoms with van der Waals surface area (Å²) < 4.78 is 5.08. The third-order valence-electron chi connectivity index (χ3n) is 3.36. The van der Waals surface area contributed by atoms with Crippen LogP contribution in [0.4, 0.5) is 0 Å². The van der Waals surface area contributed by atoms with E-state index in [1.165, 1.54) is 4.90 Å². The molecule has 2 aliphatic rings. The van der Waals surface area contributed by atoms with Crippen molar-refractivity contribution >= 4 is 11.8 Å². The molecule has 2 fully saturated rings. The maximum absolute atomic E-state index is 11.9. The Balaban J connectivity index is 1.88. The average molecular weight is 227 g/mol. The summed E-state index contributed by atoms with van der Waals surface area (Å²) in [4.78, 5) is 25.1. The lowest BCUT2D eigenvalue weighted by Crippen LogP contribution is -2.47. The molecule has 90 valence electrons. The standard InChI is InChI=1S/C11H17NO4/c13-4-6-16-5-3-12-10(14)8-1-2-9(7-8)11(12)15/h8-9,13H,1-7H2. The van der Waals surface area contributed by atoms with Gasteiger partial charge in [0.05, 0.1) is 26.4 Å². The number of likely N-dealkylation sites (tertiary alicyclic amines) is 1. The number of carbonyl (C=O) groups excluding carboxylic acids is 2. The Kier molecular flexibility index (Phi) is 3.56. The third-order valence-corrected chi connectivity index (χ3v) is 3.36. The van der Waals surface area contributed by atoms with E-state index in [1.807, 2.05) is 0 Å². The van der Waals surface area contributed by atoms with Gasteiger partial charge in [0, 0.05) is 11.8 Å². The van der Waals surface area contributed by atoms with Crippen molar-refractivity contribution in [3.63, 3.8) is 0 Å². The highest BCUT2D eigenvalue weighted by Crippen LogP contribution is 2.37. The minimum absolute atomic E-state index is 0.0346. The van der Waals surface area contributed by atoms with Crippen molar-refractivity contribution in [2.75, 3.05) is 26.4 Å². The highest BCUT2D eigenvalue weighted by atomic mass is 16.5. The first-order valence-corrected chi connectivity index (χ1v) is 5.78. The molecule has 5 nitrogen and oxygen atoms in total. The highest BCUT2D eigenvalue weighted by molar-refractivity contribution is 6.00. The third kappa shape index (κ3) is 2.10. The number of carbonyl (C=O) groups is 2. The number of hydrogen-bond acceptors (Lipinski definition) is 4. The number of imide groups is 1. The number of piperidine rings is 1. The van der Waals surface area contributed by atoms with E-state index in [0.29, 0.717) is 13.2 Å². The first kappa shape index (κ1) is 11.5. The largest absolute Gasteiger partial charge is 0.394 e. The Hall–Kier alpha value is -0.940. The van der Waals surface area contributed by atoms with Gasteiger partial charge in [0.1, 0.15) is 0 Å². The van der Waals surface area contributed by atoms with Crippen LogP contribution in [0.25, 0.3) is 0 Å². The van der Waals surface area contributed by atoms with E-state index in [2.05, 4.69) is 0 Å². The summed E-state index contributed by atoms with van der Waals surface area (Å²) in [6, 6.07) is 0. The van der Waals surface area contributed by atoms with Crippen LogP contribution in [0, 0.1) is 11.8 Å². The van der Waals surface area contributed by atoms with E-state index in [0.717, 1.165) is 19.3 Å². The lowest BCUT2D eigenvalue weighted by atomic mass is 9.97. The highest BCUT2D eigenvalue weighted by Gasteiger charge is 2.44. The number of rotatable bonds is 5. The van der Waals surface area contributed by atoms with Crippen LogP contribution in [0.2, 0.25) is 0 Å². The Morgan fingerprint density at radius 3 is 2.38 bits per heavy atom. The van der Waals surface area contributed by atoms with Gasteiger partial charge in [-0.2, -0.15) is 0 Å². The van der Waals surface area contributed by atoms with Crippen molar-refractivity contribution in [1.29, 1.82) is 0 Å². The number of fused-ring (bicyclic) bond motifs is 2. The Bertz CT molecular complexity index is 270. The Morgan fingerprint density at radius 2 is 1.81 bits per heavy atom. The van der Waals surface area contributed by atoms with E-state index in [4.69, 9.17) is 9.84 Å². The first-order valence-electron chi connectivity index (χ1n) is 5.78. The number of ether oxygens (including phenoxy) is 1. The smallest absolute Gasteiger partial charge is 0.232 e. The van der Waals surface area contributed by atoms with Gasteiger partial charge in [-0.1, -0.05) is 0 Å². The molecule has 0 aromatic heterocycles. The second-order valence-corrected chi connectivity index (χ2v) is 4.37. The van der Waals surface area contributed by atoms with Gasteiger partial charge in [-0.05, 0) is 19.3 Å². The normalized spacial score (nSPS) is 28.9. The molecule has 1 saturated carbocycles. The molecule has 2 bridgehead atoms. The minimum atomic E-state index is -0.0358. The molecule has 2 rings (SSSR count). The van der Waals surface area contributed by atoms with Crippen LogP contribution in [0.15, 0.2) is 0 Å².